The molecule has 0 unspecified atom stereocenters. The van der Waals surface area contributed by atoms with Crippen molar-refractivity contribution in [3.05, 3.63) is 135 Å². The first kappa shape index (κ1) is 33.3. The van der Waals surface area contributed by atoms with Gasteiger partial charge in [-0.05, 0) is 58.7 Å². The monoisotopic (exact) mass is 641 g/mol. The maximum absolute atomic E-state index is 6.49. The second-order valence-corrected chi connectivity index (χ2v) is 11.3. The minimum absolute atomic E-state index is 0. The SMILES string of the molecule is Cl.Clc1ccc(CO[C@H]2CNC[C@@H](OCc3ccc(Cl)cc3)[C@H]2c2ccc(OCCCOCc3ccccc3)cc2)cc1. The number of rotatable bonds is 14. The number of halogens is 3. The zero-order valence-electron chi connectivity index (χ0n) is 24.0. The lowest BCUT2D eigenvalue weighted by molar-refractivity contribution is -0.0650. The van der Waals surface area contributed by atoms with E-state index in [1.807, 2.05) is 78.9 Å². The van der Waals surface area contributed by atoms with Crippen LogP contribution in [0.25, 0.3) is 0 Å². The quantitative estimate of drug-likeness (QED) is 0.140. The Morgan fingerprint density at radius 2 is 1.14 bits per heavy atom. The molecule has 0 saturated carbocycles. The number of hydrogen-bond acceptors (Lipinski definition) is 5. The van der Waals surface area contributed by atoms with Gasteiger partial charge in [-0.15, -0.1) is 12.4 Å². The van der Waals surface area contributed by atoms with Gasteiger partial charge in [0.25, 0.3) is 0 Å². The average Bonchev–Trinajstić information content (AvgIpc) is 3.03. The van der Waals surface area contributed by atoms with Crippen molar-refractivity contribution in [2.45, 2.75) is 44.4 Å². The third kappa shape index (κ3) is 10.5. The number of ether oxygens (including phenoxy) is 4. The van der Waals surface area contributed by atoms with Gasteiger partial charge in [-0.2, -0.15) is 0 Å². The molecular weight excluding hydrogens is 605 g/mol. The normalized spacial score (nSPS) is 18.1. The Labute approximate surface area is 270 Å². The van der Waals surface area contributed by atoms with E-state index in [1.54, 1.807) is 0 Å². The van der Waals surface area contributed by atoms with E-state index in [-0.39, 0.29) is 30.5 Å². The zero-order valence-corrected chi connectivity index (χ0v) is 26.3. The Kier molecular flexibility index (Phi) is 13.6. The van der Waals surface area contributed by atoms with E-state index >= 15 is 0 Å². The molecule has 0 amide bonds. The van der Waals surface area contributed by atoms with Gasteiger partial charge in [-0.1, -0.05) is 89.9 Å². The summed E-state index contributed by atoms with van der Waals surface area (Å²) in [5.74, 6) is 0.888. The Hall–Kier alpha value is -2.61. The van der Waals surface area contributed by atoms with Crippen LogP contribution in [0.15, 0.2) is 103 Å². The van der Waals surface area contributed by atoms with E-state index in [2.05, 4.69) is 29.6 Å². The molecule has 1 aliphatic rings. The van der Waals surface area contributed by atoms with Gasteiger partial charge in [0.1, 0.15) is 5.75 Å². The summed E-state index contributed by atoms with van der Waals surface area (Å²) in [5.41, 5.74) is 4.51. The van der Waals surface area contributed by atoms with Gasteiger partial charge in [0.2, 0.25) is 0 Å². The highest BCUT2D eigenvalue weighted by molar-refractivity contribution is 6.30. The van der Waals surface area contributed by atoms with Gasteiger partial charge in [0, 0.05) is 35.5 Å². The summed E-state index contributed by atoms with van der Waals surface area (Å²) in [6.45, 7) is 4.34. The van der Waals surface area contributed by atoms with Crippen LogP contribution >= 0.6 is 35.6 Å². The first-order valence-electron chi connectivity index (χ1n) is 14.4. The second kappa shape index (κ2) is 17.6. The summed E-state index contributed by atoms with van der Waals surface area (Å²) in [4.78, 5) is 0. The Bertz CT molecular complexity index is 1280. The summed E-state index contributed by atoms with van der Waals surface area (Å²) >= 11 is 12.2. The molecule has 1 fully saturated rings. The Morgan fingerprint density at radius 3 is 1.70 bits per heavy atom. The van der Waals surface area contributed by atoms with Crippen LogP contribution in [-0.4, -0.2) is 38.5 Å². The molecule has 1 N–H and O–H groups in total. The van der Waals surface area contributed by atoms with Crippen LogP contribution in [-0.2, 0) is 34.0 Å². The molecule has 228 valence electrons. The summed E-state index contributed by atoms with van der Waals surface area (Å²) in [6, 6.07) is 34.1. The maximum Gasteiger partial charge on any atom is 0.119 e. The van der Waals surface area contributed by atoms with Crippen molar-refractivity contribution in [1.82, 2.24) is 5.32 Å². The Balaban J connectivity index is 0.00000423. The minimum atomic E-state index is -0.0711. The fraction of sp³-hybridized carbons (Fsp3) is 0.314. The highest BCUT2D eigenvalue weighted by atomic mass is 35.5. The lowest BCUT2D eigenvalue weighted by Gasteiger charge is -2.39. The molecule has 4 aromatic rings. The molecule has 0 aromatic heterocycles. The predicted octanol–water partition coefficient (Wildman–Crippen LogP) is 8.26. The smallest absolute Gasteiger partial charge is 0.119 e. The van der Waals surface area contributed by atoms with Crippen LogP contribution in [0.3, 0.4) is 0 Å². The van der Waals surface area contributed by atoms with E-state index < -0.39 is 0 Å². The van der Waals surface area contributed by atoms with Gasteiger partial charge in [-0.25, -0.2) is 0 Å². The molecule has 43 heavy (non-hydrogen) atoms. The van der Waals surface area contributed by atoms with Crippen molar-refractivity contribution in [3.8, 4) is 5.75 Å². The molecule has 0 radical (unpaired) electrons. The largest absolute Gasteiger partial charge is 0.494 e. The minimum Gasteiger partial charge on any atom is -0.494 e. The number of nitrogens with one attached hydrogen (secondary N) is 1. The highest BCUT2D eigenvalue weighted by Crippen LogP contribution is 2.32. The molecule has 5 nitrogen and oxygen atoms in total. The summed E-state index contributed by atoms with van der Waals surface area (Å²) < 4.78 is 24.8. The molecule has 1 heterocycles. The van der Waals surface area contributed by atoms with Crippen molar-refractivity contribution in [2.75, 3.05) is 26.3 Å². The third-order valence-electron chi connectivity index (χ3n) is 7.33. The molecule has 5 rings (SSSR count). The molecule has 1 aliphatic heterocycles. The highest BCUT2D eigenvalue weighted by Gasteiger charge is 2.36. The summed E-state index contributed by atoms with van der Waals surface area (Å²) in [7, 11) is 0. The lowest BCUT2D eigenvalue weighted by atomic mass is 9.85. The van der Waals surface area contributed by atoms with Crippen molar-refractivity contribution in [3.63, 3.8) is 0 Å². The fourth-order valence-corrected chi connectivity index (χ4v) is 5.34. The van der Waals surface area contributed by atoms with Crippen LogP contribution < -0.4 is 10.1 Å². The van der Waals surface area contributed by atoms with E-state index in [9.17, 15) is 0 Å². The number of piperidine rings is 1. The molecule has 0 bridgehead atoms. The van der Waals surface area contributed by atoms with E-state index in [4.69, 9.17) is 42.1 Å². The molecule has 8 heteroatoms. The number of hydrogen-bond donors (Lipinski definition) is 1. The van der Waals surface area contributed by atoms with Crippen LogP contribution in [0.2, 0.25) is 10.0 Å². The number of benzene rings is 4. The van der Waals surface area contributed by atoms with Crippen molar-refractivity contribution in [1.29, 1.82) is 0 Å². The standard InChI is InChI=1S/C35H37Cl2NO4.ClH/c36-30-13-7-27(8-14-30)24-41-33-21-38-22-34(42-25-28-9-15-31(37)16-10-28)35(33)29-11-17-32(18-12-29)40-20-4-19-39-23-26-5-2-1-3-6-26;/h1-3,5-18,33-35,38H,4,19-25H2;1H/t33-,34+,35-;. The molecule has 0 spiro atoms. The van der Waals surface area contributed by atoms with Crippen LogP contribution in [0, 0.1) is 0 Å². The van der Waals surface area contributed by atoms with Crippen LogP contribution in [0.4, 0.5) is 0 Å². The Morgan fingerprint density at radius 1 is 0.605 bits per heavy atom. The van der Waals surface area contributed by atoms with Gasteiger partial charge >= 0.3 is 0 Å². The van der Waals surface area contributed by atoms with Crippen molar-refractivity contribution in [2.24, 2.45) is 0 Å². The average molecular weight is 643 g/mol. The van der Waals surface area contributed by atoms with Crippen LogP contribution in [0.1, 0.15) is 34.6 Å². The molecule has 0 aliphatic carbocycles. The predicted molar refractivity (Wildman–Crippen MR) is 176 cm³/mol. The zero-order chi connectivity index (χ0) is 29.0. The van der Waals surface area contributed by atoms with Crippen LogP contribution in [0.5, 0.6) is 5.75 Å². The van der Waals surface area contributed by atoms with E-state index in [1.165, 1.54) is 5.56 Å². The second-order valence-electron chi connectivity index (χ2n) is 10.4. The fourth-order valence-electron chi connectivity index (χ4n) is 5.09. The van der Waals surface area contributed by atoms with Crippen molar-refractivity contribution >= 4 is 35.6 Å². The van der Waals surface area contributed by atoms with Gasteiger partial charge in [0.05, 0.1) is 45.2 Å². The van der Waals surface area contributed by atoms with E-state index in [0.717, 1.165) is 42.0 Å². The van der Waals surface area contributed by atoms with Gasteiger partial charge in [-0.3, -0.25) is 0 Å². The van der Waals surface area contributed by atoms with Gasteiger partial charge in [0.15, 0.2) is 0 Å². The summed E-state index contributed by atoms with van der Waals surface area (Å²) in [6.07, 6.45) is 0.681. The first-order valence-corrected chi connectivity index (χ1v) is 15.2. The lowest BCUT2D eigenvalue weighted by Crippen LogP contribution is -2.50. The molecule has 4 aromatic carbocycles. The first-order chi connectivity index (χ1) is 20.6. The molecule has 3 atom stereocenters. The molecule has 1 saturated heterocycles. The summed E-state index contributed by atoms with van der Waals surface area (Å²) in [5, 5.41) is 4.95. The van der Waals surface area contributed by atoms with E-state index in [0.29, 0.717) is 43.1 Å². The van der Waals surface area contributed by atoms with Gasteiger partial charge < -0.3 is 24.3 Å². The molecular formula is C35H38Cl3NO4. The third-order valence-corrected chi connectivity index (χ3v) is 7.83. The maximum atomic E-state index is 6.49. The van der Waals surface area contributed by atoms with Crippen molar-refractivity contribution < 1.29 is 18.9 Å². The topological polar surface area (TPSA) is 49.0 Å².